The van der Waals surface area contributed by atoms with E-state index in [-0.39, 0.29) is 0 Å². The molecule has 0 bridgehead atoms. The maximum absolute atomic E-state index is 6.61. The summed E-state index contributed by atoms with van der Waals surface area (Å²) in [5.41, 5.74) is 9.60. The second-order valence-corrected chi connectivity index (χ2v) is 12.3. The predicted molar refractivity (Wildman–Crippen MR) is 201 cm³/mol. The van der Waals surface area contributed by atoms with Gasteiger partial charge in [-0.2, -0.15) is 0 Å². The second-order valence-electron chi connectivity index (χ2n) is 12.3. The Morgan fingerprint density at radius 3 is 1.94 bits per heavy atom. The lowest BCUT2D eigenvalue weighted by Crippen LogP contribution is -2.01. The average Bonchev–Trinajstić information content (AvgIpc) is 3.74. The van der Waals surface area contributed by atoms with Crippen molar-refractivity contribution in [2.75, 3.05) is 0 Å². The molecule has 0 aliphatic rings. The number of nitrogens with zero attached hydrogens (tertiary/aromatic N) is 5. The minimum Gasteiger partial charge on any atom is -0.456 e. The predicted octanol–water partition coefficient (Wildman–Crippen LogP) is 10.9. The van der Waals surface area contributed by atoms with Gasteiger partial charge < -0.3 is 8.98 Å². The molecule has 6 aromatic carbocycles. The first-order chi connectivity index (χ1) is 24.8. The van der Waals surface area contributed by atoms with E-state index in [4.69, 9.17) is 19.4 Å². The van der Waals surface area contributed by atoms with Crippen molar-refractivity contribution in [2.24, 2.45) is 0 Å². The molecule has 234 valence electrons. The topological polar surface area (TPSA) is 69.6 Å². The van der Waals surface area contributed by atoms with Gasteiger partial charge in [0.15, 0.2) is 17.5 Å². The van der Waals surface area contributed by atoms with E-state index in [0.717, 1.165) is 60.9 Å². The molecule has 4 heterocycles. The van der Waals surface area contributed by atoms with Crippen molar-refractivity contribution in [1.29, 1.82) is 0 Å². The Kier molecular flexibility index (Phi) is 6.39. The van der Waals surface area contributed by atoms with Crippen LogP contribution in [-0.2, 0) is 0 Å². The van der Waals surface area contributed by atoms with Crippen LogP contribution >= 0.6 is 0 Å². The zero-order valence-electron chi connectivity index (χ0n) is 26.7. The third-order valence-corrected chi connectivity index (χ3v) is 9.30. The number of fused-ring (bicyclic) bond motifs is 7. The zero-order valence-corrected chi connectivity index (χ0v) is 26.7. The summed E-state index contributed by atoms with van der Waals surface area (Å²) in [6.45, 7) is 0. The van der Waals surface area contributed by atoms with Gasteiger partial charge in [-0.1, -0.05) is 97.1 Å². The van der Waals surface area contributed by atoms with Crippen molar-refractivity contribution >= 4 is 43.7 Å². The van der Waals surface area contributed by atoms with E-state index >= 15 is 0 Å². The maximum Gasteiger partial charge on any atom is 0.182 e. The molecule has 0 aliphatic heterocycles. The van der Waals surface area contributed by atoms with Gasteiger partial charge in [0.1, 0.15) is 16.9 Å². The van der Waals surface area contributed by atoms with E-state index in [1.807, 2.05) is 60.7 Å². The highest BCUT2D eigenvalue weighted by Gasteiger charge is 2.20. The summed E-state index contributed by atoms with van der Waals surface area (Å²) in [6.07, 6.45) is 1.75. The van der Waals surface area contributed by atoms with Crippen LogP contribution in [-0.4, -0.2) is 24.5 Å². The normalized spacial score (nSPS) is 11.6. The number of rotatable bonds is 5. The van der Waals surface area contributed by atoms with Gasteiger partial charge in [-0.05, 0) is 71.8 Å². The summed E-state index contributed by atoms with van der Waals surface area (Å²) < 4.78 is 8.95. The van der Waals surface area contributed by atoms with Crippen LogP contribution in [0, 0.1) is 0 Å². The largest absolute Gasteiger partial charge is 0.456 e. The lowest BCUT2D eigenvalue weighted by Gasteiger charge is -2.09. The summed E-state index contributed by atoms with van der Waals surface area (Å²) in [5, 5.41) is 4.50. The van der Waals surface area contributed by atoms with Gasteiger partial charge in [-0.15, -0.1) is 0 Å². The van der Waals surface area contributed by atoms with Crippen LogP contribution < -0.4 is 0 Å². The number of para-hydroxylation sites is 2. The Morgan fingerprint density at radius 1 is 0.440 bits per heavy atom. The highest BCUT2D eigenvalue weighted by Crippen LogP contribution is 2.41. The summed E-state index contributed by atoms with van der Waals surface area (Å²) >= 11 is 0. The zero-order chi connectivity index (χ0) is 33.0. The fraction of sp³-hybridized carbons (Fsp3) is 0. The van der Waals surface area contributed by atoms with Gasteiger partial charge in [0, 0.05) is 39.2 Å². The van der Waals surface area contributed by atoms with Gasteiger partial charge >= 0.3 is 0 Å². The third-order valence-electron chi connectivity index (χ3n) is 9.30. The lowest BCUT2D eigenvalue weighted by molar-refractivity contribution is 0.669. The molecule has 10 aromatic rings. The van der Waals surface area contributed by atoms with Crippen LogP contribution in [0.25, 0.3) is 94.9 Å². The highest BCUT2D eigenvalue weighted by atomic mass is 16.3. The molecule has 0 fully saturated rings. The number of aromatic nitrogens is 5. The molecule has 0 saturated carbocycles. The first-order valence-electron chi connectivity index (χ1n) is 16.6. The summed E-state index contributed by atoms with van der Waals surface area (Å²) in [7, 11) is 0. The molecule has 4 aromatic heterocycles. The van der Waals surface area contributed by atoms with E-state index < -0.39 is 0 Å². The van der Waals surface area contributed by atoms with Crippen LogP contribution in [0.5, 0.6) is 0 Å². The van der Waals surface area contributed by atoms with Crippen LogP contribution in [0.3, 0.4) is 0 Å². The van der Waals surface area contributed by atoms with Gasteiger partial charge in [0.05, 0.1) is 16.4 Å². The molecule has 0 N–H and O–H groups in total. The number of furan rings is 1. The van der Waals surface area contributed by atoms with Crippen molar-refractivity contribution in [3.8, 4) is 51.1 Å². The van der Waals surface area contributed by atoms with E-state index in [2.05, 4.69) is 107 Å². The molecule has 50 heavy (non-hydrogen) atoms. The van der Waals surface area contributed by atoms with E-state index in [1.165, 1.54) is 10.8 Å². The molecule has 0 amide bonds. The van der Waals surface area contributed by atoms with Crippen molar-refractivity contribution in [1.82, 2.24) is 24.5 Å². The summed E-state index contributed by atoms with van der Waals surface area (Å²) in [6, 6.07) is 53.9. The Morgan fingerprint density at radius 2 is 1.12 bits per heavy atom. The van der Waals surface area contributed by atoms with Crippen molar-refractivity contribution in [2.45, 2.75) is 0 Å². The molecule has 6 heteroatoms. The number of pyridine rings is 1. The minimum atomic E-state index is 0.509. The second kappa shape index (κ2) is 11.4. The Hall–Kier alpha value is -6.92. The van der Waals surface area contributed by atoms with Crippen molar-refractivity contribution in [3.05, 3.63) is 164 Å². The molecule has 0 atom stereocenters. The van der Waals surface area contributed by atoms with Gasteiger partial charge in [-0.25, -0.2) is 15.0 Å². The van der Waals surface area contributed by atoms with Crippen LogP contribution in [0.4, 0.5) is 0 Å². The number of hydrogen-bond acceptors (Lipinski definition) is 5. The smallest absolute Gasteiger partial charge is 0.182 e. The van der Waals surface area contributed by atoms with Crippen LogP contribution in [0.15, 0.2) is 168 Å². The van der Waals surface area contributed by atoms with Crippen LogP contribution in [0.1, 0.15) is 0 Å². The number of hydrogen-bond donors (Lipinski definition) is 0. The fourth-order valence-electron chi connectivity index (χ4n) is 7.01. The number of benzene rings is 6. The lowest BCUT2D eigenvalue weighted by atomic mass is 10.0. The van der Waals surface area contributed by atoms with Crippen molar-refractivity contribution in [3.63, 3.8) is 0 Å². The van der Waals surface area contributed by atoms with Gasteiger partial charge in [-0.3, -0.25) is 4.98 Å². The monoisotopic (exact) mass is 641 g/mol. The molecular formula is C44H27N5O. The molecule has 6 nitrogen and oxygen atoms in total. The van der Waals surface area contributed by atoms with E-state index in [1.54, 1.807) is 6.20 Å². The Labute approximate surface area is 287 Å². The first kappa shape index (κ1) is 28.1. The molecule has 0 saturated heterocycles. The summed E-state index contributed by atoms with van der Waals surface area (Å²) in [4.78, 5) is 19.5. The Balaban J connectivity index is 1.17. The molecule has 0 radical (unpaired) electrons. The first-order valence-corrected chi connectivity index (χ1v) is 16.6. The molecule has 10 rings (SSSR count). The average molecular weight is 642 g/mol. The van der Waals surface area contributed by atoms with E-state index in [0.29, 0.717) is 23.2 Å². The quantitative estimate of drug-likeness (QED) is 0.187. The fourth-order valence-corrected chi connectivity index (χ4v) is 7.01. The maximum atomic E-state index is 6.61. The summed E-state index contributed by atoms with van der Waals surface area (Å²) in [5.74, 6) is 1.63. The molecule has 0 unspecified atom stereocenters. The molecular weight excluding hydrogens is 615 g/mol. The SMILES string of the molecule is c1ccc(-c2cccc(-c3nc(-c4ccc5c(c4)oc4ccc6c7ccccc7n(-c7ccccc7)c6c45)nc(-c4ccccn4)n3)c2)cc1. The standard InChI is InChI=1S/C44H27N5O/c1-3-12-28(13-4-1)29-14-11-15-30(26-29)42-46-43(48-44(47-42)36-19-9-10-25-45-36)31-21-22-35-39(27-31)50-38-24-23-34-33-18-7-8-20-37(33)49(41(34)40(35)38)32-16-5-2-6-17-32/h1-27H. The van der Waals surface area contributed by atoms with Crippen molar-refractivity contribution < 1.29 is 4.42 Å². The molecule has 0 aliphatic carbocycles. The van der Waals surface area contributed by atoms with Gasteiger partial charge in [0.25, 0.3) is 0 Å². The minimum absolute atomic E-state index is 0.509. The molecule has 0 spiro atoms. The van der Waals surface area contributed by atoms with E-state index in [9.17, 15) is 0 Å². The highest BCUT2D eigenvalue weighted by molar-refractivity contribution is 6.24. The van der Waals surface area contributed by atoms with Gasteiger partial charge in [0.2, 0.25) is 0 Å². The third kappa shape index (κ3) is 4.58. The van der Waals surface area contributed by atoms with Crippen LogP contribution in [0.2, 0.25) is 0 Å². The Bertz CT molecular complexity index is 2860.